The molecule has 0 spiro atoms. The van der Waals surface area contributed by atoms with E-state index in [0.717, 1.165) is 7.11 Å². The highest BCUT2D eigenvalue weighted by Crippen LogP contribution is 2.28. The molecule has 1 rings (SSSR count). The molecule has 0 saturated heterocycles. The van der Waals surface area contributed by atoms with Gasteiger partial charge in [0.25, 0.3) is 6.43 Å². The van der Waals surface area contributed by atoms with Gasteiger partial charge in [-0.3, -0.25) is 14.6 Å². The van der Waals surface area contributed by atoms with Crippen LogP contribution in [0.25, 0.3) is 0 Å². The molecule has 0 aliphatic rings. The van der Waals surface area contributed by atoms with Gasteiger partial charge in [-0.1, -0.05) is 0 Å². The Morgan fingerprint density at radius 3 is 2.40 bits per heavy atom. The lowest BCUT2D eigenvalue weighted by Gasteiger charge is -2.13. The third kappa shape index (κ3) is 4.97. The van der Waals surface area contributed by atoms with Gasteiger partial charge in [-0.25, -0.2) is 17.6 Å². The maximum absolute atomic E-state index is 14.2. The number of carbonyl (C=O) groups is 2. The molecule has 0 aliphatic carbocycles. The van der Waals surface area contributed by atoms with Crippen LogP contribution in [0.5, 0.6) is 5.75 Å². The van der Waals surface area contributed by atoms with Crippen LogP contribution in [0.3, 0.4) is 0 Å². The topological polar surface area (TPSA) is 65.0 Å². The standard InChI is InChI=1S/C15H14F5NO4/c1-3-25-15(23)8(5-21-6-10(17)18)13(22)7-4-9(16)12(20)14(24-2)11(7)19/h4-5,8,10H,3,6H2,1-2H3. The van der Waals surface area contributed by atoms with E-state index >= 15 is 0 Å². The van der Waals surface area contributed by atoms with Gasteiger partial charge in [-0.2, -0.15) is 4.39 Å². The van der Waals surface area contributed by atoms with E-state index < -0.39 is 59.4 Å². The first-order valence-electron chi connectivity index (χ1n) is 6.94. The van der Waals surface area contributed by atoms with Crippen LogP contribution >= 0.6 is 0 Å². The van der Waals surface area contributed by atoms with Gasteiger partial charge in [0.15, 0.2) is 29.1 Å². The zero-order chi connectivity index (χ0) is 19.1. The summed E-state index contributed by atoms with van der Waals surface area (Å²) in [5.41, 5.74) is -1.00. The molecule has 1 unspecified atom stereocenters. The number of hydrogen-bond acceptors (Lipinski definition) is 5. The van der Waals surface area contributed by atoms with Crippen LogP contribution in [0, 0.1) is 23.4 Å². The van der Waals surface area contributed by atoms with Crippen molar-refractivity contribution in [1.82, 2.24) is 0 Å². The molecular formula is C15H14F5NO4. The van der Waals surface area contributed by atoms with Crippen molar-refractivity contribution in [2.75, 3.05) is 20.3 Å². The van der Waals surface area contributed by atoms with Gasteiger partial charge >= 0.3 is 5.97 Å². The van der Waals surface area contributed by atoms with E-state index in [1.54, 1.807) is 0 Å². The van der Waals surface area contributed by atoms with E-state index in [1.807, 2.05) is 0 Å². The SMILES string of the molecule is CCOC(=O)C(C=NCC(F)F)C(=O)c1cc(F)c(F)c(OC)c1F. The molecule has 10 heteroatoms. The van der Waals surface area contributed by atoms with E-state index in [-0.39, 0.29) is 12.7 Å². The molecule has 0 aromatic heterocycles. The fraction of sp³-hybridized carbons (Fsp3) is 0.400. The second-order valence-electron chi connectivity index (χ2n) is 4.57. The Balaban J connectivity index is 3.31. The van der Waals surface area contributed by atoms with Crippen molar-refractivity contribution in [2.24, 2.45) is 10.9 Å². The van der Waals surface area contributed by atoms with E-state index in [1.165, 1.54) is 6.92 Å². The highest BCUT2D eigenvalue weighted by Gasteiger charge is 2.32. The number of benzene rings is 1. The lowest BCUT2D eigenvalue weighted by molar-refractivity contribution is -0.144. The summed E-state index contributed by atoms with van der Waals surface area (Å²) in [6.45, 7) is 0.249. The highest BCUT2D eigenvalue weighted by atomic mass is 19.3. The summed E-state index contributed by atoms with van der Waals surface area (Å²) in [6, 6.07) is 0.239. The van der Waals surface area contributed by atoms with Crippen molar-refractivity contribution in [3.63, 3.8) is 0 Å². The first kappa shape index (κ1) is 20.5. The number of ketones is 1. The van der Waals surface area contributed by atoms with Gasteiger partial charge < -0.3 is 9.47 Å². The van der Waals surface area contributed by atoms with Crippen molar-refractivity contribution in [3.05, 3.63) is 29.1 Å². The fourth-order valence-corrected chi connectivity index (χ4v) is 1.82. The number of esters is 1. The lowest BCUT2D eigenvalue weighted by atomic mass is 9.97. The molecule has 0 bridgehead atoms. The predicted molar refractivity (Wildman–Crippen MR) is 76.7 cm³/mol. The van der Waals surface area contributed by atoms with Crippen LogP contribution in [-0.4, -0.2) is 44.7 Å². The molecule has 1 aromatic rings. The molecule has 0 aliphatic heterocycles. The lowest BCUT2D eigenvalue weighted by Crippen LogP contribution is -2.29. The minimum absolute atomic E-state index is 0.158. The number of Topliss-reactive ketones (excluding diaryl/α,β-unsaturated/α-hetero) is 1. The number of rotatable bonds is 8. The zero-order valence-electron chi connectivity index (χ0n) is 13.2. The molecule has 0 amide bonds. The van der Waals surface area contributed by atoms with Crippen molar-refractivity contribution in [1.29, 1.82) is 0 Å². The average Bonchev–Trinajstić information content (AvgIpc) is 2.55. The Bertz CT molecular complexity index is 678. The number of methoxy groups -OCH3 is 1. The summed E-state index contributed by atoms with van der Waals surface area (Å²) < 4.78 is 74.3. The number of nitrogens with zero attached hydrogens (tertiary/aromatic N) is 1. The van der Waals surface area contributed by atoms with E-state index in [4.69, 9.17) is 0 Å². The number of hydrogen-bond donors (Lipinski definition) is 0. The average molecular weight is 367 g/mol. The molecule has 5 nitrogen and oxygen atoms in total. The minimum Gasteiger partial charge on any atom is -0.491 e. The van der Waals surface area contributed by atoms with E-state index in [0.29, 0.717) is 6.21 Å². The fourth-order valence-electron chi connectivity index (χ4n) is 1.82. The summed E-state index contributed by atoms with van der Waals surface area (Å²) in [4.78, 5) is 27.3. The molecule has 138 valence electrons. The summed E-state index contributed by atoms with van der Waals surface area (Å²) in [6.07, 6.45) is -2.28. The van der Waals surface area contributed by atoms with Crippen molar-refractivity contribution < 1.29 is 41.0 Å². The first-order valence-corrected chi connectivity index (χ1v) is 6.94. The summed E-state index contributed by atoms with van der Waals surface area (Å²) in [5, 5.41) is 0. The highest BCUT2D eigenvalue weighted by molar-refractivity contribution is 6.18. The Kier molecular flexibility index (Phi) is 7.46. The van der Waals surface area contributed by atoms with Gasteiger partial charge in [-0.05, 0) is 13.0 Å². The van der Waals surface area contributed by atoms with Crippen molar-refractivity contribution >= 4 is 18.0 Å². The molecule has 1 aromatic carbocycles. The molecule has 1 atom stereocenters. The number of aliphatic imine (C=N–C) groups is 1. The predicted octanol–water partition coefficient (Wildman–Crippen LogP) is 2.81. The van der Waals surface area contributed by atoms with Crippen LogP contribution in [0.1, 0.15) is 17.3 Å². The van der Waals surface area contributed by atoms with Crippen LogP contribution < -0.4 is 4.74 Å². The largest absolute Gasteiger partial charge is 0.491 e. The minimum atomic E-state index is -2.84. The van der Waals surface area contributed by atoms with Crippen LogP contribution in [0.2, 0.25) is 0 Å². The molecular weight excluding hydrogens is 353 g/mol. The summed E-state index contributed by atoms with van der Waals surface area (Å²) in [5.74, 6) is -10.4. The summed E-state index contributed by atoms with van der Waals surface area (Å²) >= 11 is 0. The Labute approximate surface area is 139 Å². The monoisotopic (exact) mass is 367 g/mol. The van der Waals surface area contributed by atoms with Crippen LogP contribution in [-0.2, 0) is 9.53 Å². The van der Waals surface area contributed by atoms with E-state index in [9.17, 15) is 31.5 Å². The third-order valence-electron chi connectivity index (χ3n) is 2.91. The number of carbonyl (C=O) groups excluding carboxylic acids is 2. The van der Waals surface area contributed by atoms with Crippen molar-refractivity contribution in [3.8, 4) is 5.75 Å². The van der Waals surface area contributed by atoms with Crippen LogP contribution in [0.4, 0.5) is 22.0 Å². The number of halogens is 5. The van der Waals surface area contributed by atoms with Gasteiger partial charge in [-0.15, -0.1) is 0 Å². The maximum atomic E-state index is 14.2. The Hall–Kier alpha value is -2.52. The quantitative estimate of drug-likeness (QED) is 0.177. The normalized spacial score (nSPS) is 12.5. The van der Waals surface area contributed by atoms with E-state index in [2.05, 4.69) is 14.5 Å². The number of alkyl halides is 2. The third-order valence-corrected chi connectivity index (χ3v) is 2.91. The van der Waals surface area contributed by atoms with Gasteiger partial charge in [0.2, 0.25) is 5.82 Å². The second kappa shape index (κ2) is 9.09. The number of ether oxygens (including phenoxy) is 2. The molecule has 0 saturated carbocycles. The second-order valence-corrected chi connectivity index (χ2v) is 4.57. The molecule has 25 heavy (non-hydrogen) atoms. The molecule has 0 heterocycles. The smallest absolute Gasteiger partial charge is 0.322 e. The first-order chi connectivity index (χ1) is 11.7. The summed E-state index contributed by atoms with van der Waals surface area (Å²) in [7, 11) is 0.849. The zero-order valence-corrected chi connectivity index (χ0v) is 13.2. The van der Waals surface area contributed by atoms with Crippen LogP contribution in [0.15, 0.2) is 11.1 Å². The molecule has 0 fully saturated rings. The Morgan fingerprint density at radius 1 is 1.24 bits per heavy atom. The van der Waals surface area contributed by atoms with Gasteiger partial charge in [0.1, 0.15) is 0 Å². The maximum Gasteiger partial charge on any atom is 0.322 e. The van der Waals surface area contributed by atoms with Gasteiger partial charge in [0, 0.05) is 6.21 Å². The molecule has 0 N–H and O–H groups in total. The van der Waals surface area contributed by atoms with Crippen molar-refractivity contribution in [2.45, 2.75) is 13.3 Å². The Morgan fingerprint density at radius 2 is 1.88 bits per heavy atom. The van der Waals surface area contributed by atoms with Gasteiger partial charge in [0.05, 0.1) is 25.8 Å². The molecule has 0 radical (unpaired) electrons.